The number of ether oxygens (including phenoxy) is 1. The molecule has 1 amide bonds. The van der Waals surface area contributed by atoms with E-state index in [2.05, 4.69) is 16.8 Å². The summed E-state index contributed by atoms with van der Waals surface area (Å²) in [6.45, 7) is 2.86. The monoisotopic (exact) mass is 302 g/mol. The minimum atomic E-state index is -0.292. The molecule has 1 saturated heterocycles. The lowest BCUT2D eigenvalue weighted by Gasteiger charge is -2.29. The van der Waals surface area contributed by atoms with Crippen molar-refractivity contribution in [3.63, 3.8) is 0 Å². The highest BCUT2D eigenvalue weighted by Crippen LogP contribution is 2.30. The Morgan fingerprint density at radius 1 is 1.53 bits per heavy atom. The Labute approximate surface area is 123 Å². The smallest absolute Gasteiger partial charge is 0.253 e. The molecule has 1 aliphatic carbocycles. The standard InChI is InChI=1S/C13H18N2O2S.ClH/c16-13(12-8-14-5-6-17-12)15(10-3-4-10)9-11-2-1-7-18-11;/h1-2,7,10,12,14H,3-6,8-9H2;1H. The SMILES string of the molecule is Cl.O=C(C1CNCCO1)N(Cc1cccs1)C1CC1. The Balaban J connectivity index is 0.00000133. The first-order valence-corrected chi connectivity index (χ1v) is 7.38. The maximum absolute atomic E-state index is 12.5. The second-order valence-electron chi connectivity index (χ2n) is 4.84. The summed E-state index contributed by atoms with van der Waals surface area (Å²) in [6.07, 6.45) is 1.98. The Morgan fingerprint density at radius 2 is 2.37 bits per heavy atom. The summed E-state index contributed by atoms with van der Waals surface area (Å²) in [5, 5.41) is 5.28. The van der Waals surface area contributed by atoms with Gasteiger partial charge in [-0.25, -0.2) is 0 Å². The Bertz CT molecular complexity index is 403. The summed E-state index contributed by atoms with van der Waals surface area (Å²) in [5.74, 6) is 0.151. The van der Waals surface area contributed by atoms with Crippen LogP contribution >= 0.6 is 23.7 Å². The van der Waals surface area contributed by atoms with Crippen LogP contribution in [0, 0.1) is 0 Å². The molecule has 1 atom stereocenters. The maximum Gasteiger partial charge on any atom is 0.253 e. The molecule has 1 saturated carbocycles. The average molecular weight is 303 g/mol. The van der Waals surface area contributed by atoms with Gasteiger partial charge in [0.2, 0.25) is 0 Å². The zero-order valence-electron chi connectivity index (χ0n) is 10.7. The van der Waals surface area contributed by atoms with Crippen LogP contribution in [0.25, 0.3) is 0 Å². The molecule has 0 radical (unpaired) electrons. The summed E-state index contributed by atoms with van der Waals surface area (Å²) < 4.78 is 5.57. The van der Waals surface area contributed by atoms with Gasteiger partial charge in [0.15, 0.2) is 0 Å². The van der Waals surface area contributed by atoms with E-state index in [-0.39, 0.29) is 24.4 Å². The number of rotatable bonds is 4. The number of nitrogens with zero attached hydrogens (tertiary/aromatic N) is 1. The molecule has 2 heterocycles. The zero-order valence-corrected chi connectivity index (χ0v) is 12.3. The fraction of sp³-hybridized carbons (Fsp3) is 0.615. The summed E-state index contributed by atoms with van der Waals surface area (Å²) in [6, 6.07) is 4.56. The van der Waals surface area contributed by atoms with E-state index in [4.69, 9.17) is 4.74 Å². The van der Waals surface area contributed by atoms with Crippen LogP contribution in [0.3, 0.4) is 0 Å². The van der Waals surface area contributed by atoms with Gasteiger partial charge >= 0.3 is 0 Å². The van der Waals surface area contributed by atoms with Crippen LogP contribution in [0.4, 0.5) is 0 Å². The van der Waals surface area contributed by atoms with Crippen LogP contribution in [0.15, 0.2) is 17.5 Å². The van der Waals surface area contributed by atoms with Crippen molar-refractivity contribution in [2.24, 2.45) is 0 Å². The Hall–Kier alpha value is -0.620. The van der Waals surface area contributed by atoms with Crippen LogP contribution in [-0.4, -0.2) is 42.6 Å². The summed E-state index contributed by atoms with van der Waals surface area (Å²) in [4.78, 5) is 15.7. The molecule has 1 aliphatic heterocycles. The number of carbonyl (C=O) groups excluding carboxylic acids is 1. The van der Waals surface area contributed by atoms with Gasteiger partial charge in [0.25, 0.3) is 5.91 Å². The van der Waals surface area contributed by atoms with Crippen molar-refractivity contribution in [2.75, 3.05) is 19.7 Å². The second-order valence-corrected chi connectivity index (χ2v) is 5.87. The Kier molecular flexibility index (Phi) is 5.21. The first kappa shape index (κ1) is 14.8. The molecule has 3 rings (SSSR count). The van der Waals surface area contributed by atoms with Gasteiger partial charge in [-0.3, -0.25) is 4.79 Å². The lowest BCUT2D eigenvalue weighted by molar-refractivity contribution is -0.146. The predicted octanol–water partition coefficient (Wildman–Crippen LogP) is 1.65. The molecular formula is C13H19ClN2O2S. The molecule has 2 aliphatic rings. The minimum absolute atomic E-state index is 0. The quantitative estimate of drug-likeness (QED) is 0.919. The molecule has 0 aromatic carbocycles. The molecular weight excluding hydrogens is 284 g/mol. The summed E-state index contributed by atoms with van der Waals surface area (Å²) in [5.41, 5.74) is 0. The third-order valence-electron chi connectivity index (χ3n) is 3.38. The number of hydrogen-bond donors (Lipinski definition) is 1. The van der Waals surface area contributed by atoms with Crippen LogP contribution in [-0.2, 0) is 16.1 Å². The maximum atomic E-state index is 12.5. The highest BCUT2D eigenvalue weighted by atomic mass is 35.5. The molecule has 6 heteroatoms. The van der Waals surface area contributed by atoms with Gasteiger partial charge in [0, 0.05) is 24.0 Å². The van der Waals surface area contributed by atoms with E-state index in [0.717, 1.165) is 25.9 Å². The van der Waals surface area contributed by atoms with Crippen LogP contribution in [0.2, 0.25) is 0 Å². The molecule has 0 spiro atoms. The second kappa shape index (κ2) is 6.70. The van der Waals surface area contributed by atoms with Crippen molar-refractivity contribution in [2.45, 2.75) is 31.5 Å². The predicted molar refractivity (Wildman–Crippen MR) is 77.7 cm³/mol. The van der Waals surface area contributed by atoms with E-state index >= 15 is 0 Å². The number of carbonyl (C=O) groups is 1. The van der Waals surface area contributed by atoms with Crippen molar-refractivity contribution >= 4 is 29.7 Å². The lowest BCUT2D eigenvalue weighted by atomic mass is 10.2. The first-order chi connectivity index (χ1) is 8.84. The zero-order chi connectivity index (χ0) is 12.4. The fourth-order valence-electron chi connectivity index (χ4n) is 2.25. The molecule has 19 heavy (non-hydrogen) atoms. The van der Waals surface area contributed by atoms with Gasteiger partial charge in [-0.15, -0.1) is 23.7 Å². The summed E-state index contributed by atoms with van der Waals surface area (Å²) in [7, 11) is 0. The molecule has 1 aromatic heterocycles. The molecule has 1 aromatic rings. The first-order valence-electron chi connectivity index (χ1n) is 6.50. The largest absolute Gasteiger partial charge is 0.366 e. The molecule has 2 fully saturated rings. The fourth-order valence-corrected chi connectivity index (χ4v) is 2.96. The van der Waals surface area contributed by atoms with Crippen molar-refractivity contribution < 1.29 is 9.53 Å². The number of thiophene rings is 1. The summed E-state index contributed by atoms with van der Waals surface area (Å²) >= 11 is 1.71. The van der Waals surface area contributed by atoms with Gasteiger partial charge in [0.1, 0.15) is 6.10 Å². The van der Waals surface area contributed by atoms with Gasteiger partial charge in [0.05, 0.1) is 13.2 Å². The van der Waals surface area contributed by atoms with Crippen LogP contribution in [0.5, 0.6) is 0 Å². The van der Waals surface area contributed by atoms with Gasteiger partial charge in [-0.1, -0.05) is 6.07 Å². The van der Waals surface area contributed by atoms with Crippen molar-refractivity contribution in [1.29, 1.82) is 0 Å². The van der Waals surface area contributed by atoms with E-state index in [1.807, 2.05) is 11.0 Å². The van der Waals surface area contributed by atoms with E-state index in [1.165, 1.54) is 4.88 Å². The van der Waals surface area contributed by atoms with Crippen molar-refractivity contribution in [3.05, 3.63) is 22.4 Å². The molecule has 106 valence electrons. The van der Waals surface area contributed by atoms with E-state index < -0.39 is 0 Å². The van der Waals surface area contributed by atoms with E-state index in [9.17, 15) is 4.79 Å². The van der Waals surface area contributed by atoms with Crippen LogP contribution < -0.4 is 5.32 Å². The highest BCUT2D eigenvalue weighted by Gasteiger charge is 2.36. The number of amides is 1. The number of halogens is 1. The number of nitrogens with one attached hydrogen (secondary N) is 1. The topological polar surface area (TPSA) is 41.6 Å². The van der Waals surface area contributed by atoms with E-state index in [0.29, 0.717) is 19.2 Å². The van der Waals surface area contributed by atoms with Crippen molar-refractivity contribution in [3.8, 4) is 0 Å². The normalized spacial score (nSPS) is 22.6. The average Bonchev–Trinajstić information content (AvgIpc) is 3.13. The number of hydrogen-bond acceptors (Lipinski definition) is 4. The third kappa shape index (κ3) is 3.69. The molecule has 4 nitrogen and oxygen atoms in total. The number of morpholine rings is 1. The molecule has 0 bridgehead atoms. The Morgan fingerprint density at radius 3 is 2.95 bits per heavy atom. The minimum Gasteiger partial charge on any atom is -0.366 e. The van der Waals surface area contributed by atoms with Gasteiger partial charge in [-0.2, -0.15) is 0 Å². The van der Waals surface area contributed by atoms with Gasteiger partial charge < -0.3 is 15.0 Å². The van der Waals surface area contributed by atoms with E-state index in [1.54, 1.807) is 11.3 Å². The van der Waals surface area contributed by atoms with Crippen molar-refractivity contribution in [1.82, 2.24) is 10.2 Å². The molecule has 1 unspecified atom stereocenters. The molecule has 1 N–H and O–H groups in total. The lowest BCUT2D eigenvalue weighted by Crippen LogP contribution is -2.49. The van der Waals surface area contributed by atoms with Crippen LogP contribution in [0.1, 0.15) is 17.7 Å². The highest BCUT2D eigenvalue weighted by molar-refractivity contribution is 7.09. The third-order valence-corrected chi connectivity index (χ3v) is 4.24. The van der Waals surface area contributed by atoms with Gasteiger partial charge in [-0.05, 0) is 24.3 Å².